The van der Waals surface area contributed by atoms with Crippen LogP contribution in [0.1, 0.15) is 5.69 Å². The normalized spacial score (nSPS) is 11.3. The molecule has 4 rings (SSSR count). The molecule has 10 heteroatoms. The Balaban J connectivity index is 1.67. The van der Waals surface area contributed by atoms with Gasteiger partial charge < -0.3 is 0 Å². The second-order valence-corrected chi connectivity index (χ2v) is 5.41. The van der Waals surface area contributed by atoms with E-state index < -0.39 is 11.6 Å². The van der Waals surface area contributed by atoms with E-state index in [0.717, 1.165) is 16.8 Å². The zero-order chi connectivity index (χ0) is 17.6. The maximum atomic E-state index is 13.8. The molecule has 0 unspecified atom stereocenters. The lowest BCUT2D eigenvalue weighted by Crippen LogP contribution is -2.25. The Morgan fingerprint density at radius 1 is 1.20 bits per heavy atom. The fraction of sp³-hybridized carbons (Fsp3) is 0.133. The highest BCUT2D eigenvalue weighted by molar-refractivity contribution is 5.72. The van der Waals surface area contributed by atoms with Crippen LogP contribution in [0.5, 0.6) is 0 Å². The number of rotatable bonds is 3. The fourth-order valence-corrected chi connectivity index (χ4v) is 2.48. The monoisotopic (exact) mass is 343 g/mol. The number of hydrogen-bond donors (Lipinski definition) is 0. The molecule has 4 aromatic rings. The average Bonchev–Trinajstić information content (AvgIpc) is 3.18. The van der Waals surface area contributed by atoms with E-state index in [2.05, 4.69) is 20.5 Å². The first kappa shape index (κ1) is 15.1. The van der Waals surface area contributed by atoms with Crippen LogP contribution in [-0.4, -0.2) is 34.6 Å². The van der Waals surface area contributed by atoms with Crippen LogP contribution in [0.2, 0.25) is 0 Å². The Hall–Kier alpha value is -3.43. The molecule has 0 fully saturated rings. The lowest BCUT2D eigenvalue weighted by Gasteiger charge is -2.03. The van der Waals surface area contributed by atoms with Crippen molar-refractivity contribution in [1.82, 2.24) is 34.6 Å². The van der Waals surface area contributed by atoms with Crippen LogP contribution < -0.4 is 5.56 Å². The molecule has 25 heavy (non-hydrogen) atoms. The topological polar surface area (TPSA) is 83.4 Å². The summed E-state index contributed by atoms with van der Waals surface area (Å²) in [4.78, 5) is 12.4. The molecule has 3 heterocycles. The van der Waals surface area contributed by atoms with E-state index in [9.17, 15) is 13.6 Å². The van der Waals surface area contributed by atoms with Gasteiger partial charge in [0.2, 0.25) is 0 Å². The van der Waals surface area contributed by atoms with Crippen molar-refractivity contribution in [1.29, 1.82) is 0 Å². The summed E-state index contributed by atoms with van der Waals surface area (Å²) in [6.07, 6.45) is 2.95. The number of benzene rings is 1. The number of halogens is 2. The van der Waals surface area contributed by atoms with E-state index in [4.69, 9.17) is 0 Å². The van der Waals surface area contributed by atoms with Gasteiger partial charge in [0, 0.05) is 19.3 Å². The van der Waals surface area contributed by atoms with Gasteiger partial charge in [-0.15, -0.1) is 5.10 Å². The fourth-order valence-electron chi connectivity index (χ4n) is 2.48. The second-order valence-electron chi connectivity index (χ2n) is 5.41. The molecule has 8 nitrogen and oxygen atoms in total. The minimum absolute atomic E-state index is 0.0620. The van der Waals surface area contributed by atoms with Gasteiger partial charge in [-0.05, 0) is 18.2 Å². The Kier molecular flexibility index (Phi) is 3.38. The highest BCUT2D eigenvalue weighted by Crippen LogP contribution is 2.14. The maximum Gasteiger partial charge on any atom is 0.281 e. The summed E-state index contributed by atoms with van der Waals surface area (Å²) in [5.41, 5.74) is 0.623. The summed E-state index contributed by atoms with van der Waals surface area (Å²) >= 11 is 0. The quantitative estimate of drug-likeness (QED) is 0.555. The van der Waals surface area contributed by atoms with E-state index in [1.165, 1.54) is 27.8 Å². The summed E-state index contributed by atoms with van der Waals surface area (Å²) in [7, 11) is 1.67. The molecule has 0 N–H and O–H groups in total. The maximum absolute atomic E-state index is 13.8. The Labute approximate surface area is 138 Å². The number of nitrogens with zero attached hydrogens (tertiary/aromatic N) is 7. The molecular formula is C15H11F2N7O. The summed E-state index contributed by atoms with van der Waals surface area (Å²) in [5, 5.41) is 16.4. The SMILES string of the molecule is Cn1ncc2c(=O)n(Cc3ccn(-c4ccc(F)cc4F)n3)nnc21. The lowest BCUT2D eigenvalue weighted by atomic mass is 10.3. The molecule has 0 saturated carbocycles. The van der Waals surface area contributed by atoms with Gasteiger partial charge in [0.25, 0.3) is 5.56 Å². The summed E-state index contributed by atoms with van der Waals surface area (Å²) < 4.78 is 30.7. The van der Waals surface area contributed by atoms with Crippen LogP contribution in [0.25, 0.3) is 16.7 Å². The first-order valence-electron chi connectivity index (χ1n) is 7.28. The van der Waals surface area contributed by atoms with Crippen molar-refractivity contribution in [3.8, 4) is 5.69 Å². The number of hydrogen-bond acceptors (Lipinski definition) is 5. The smallest absolute Gasteiger partial charge is 0.267 e. The summed E-state index contributed by atoms with van der Waals surface area (Å²) in [6.45, 7) is 0.0620. The van der Waals surface area contributed by atoms with Crippen LogP contribution in [-0.2, 0) is 13.6 Å². The van der Waals surface area contributed by atoms with E-state index in [1.54, 1.807) is 13.1 Å². The van der Waals surface area contributed by atoms with Crippen molar-refractivity contribution in [3.63, 3.8) is 0 Å². The first-order valence-corrected chi connectivity index (χ1v) is 7.28. The summed E-state index contributed by atoms with van der Waals surface area (Å²) in [5.74, 6) is -1.40. The third-order valence-corrected chi connectivity index (χ3v) is 3.73. The molecule has 0 saturated heterocycles. The van der Waals surface area contributed by atoms with Crippen LogP contribution >= 0.6 is 0 Å². The van der Waals surface area contributed by atoms with Crippen LogP contribution in [0, 0.1) is 11.6 Å². The van der Waals surface area contributed by atoms with Gasteiger partial charge in [0.05, 0.1) is 18.4 Å². The zero-order valence-corrected chi connectivity index (χ0v) is 13.0. The average molecular weight is 343 g/mol. The van der Waals surface area contributed by atoms with E-state index in [1.807, 2.05) is 0 Å². The van der Waals surface area contributed by atoms with Gasteiger partial charge in [0.15, 0.2) is 11.5 Å². The van der Waals surface area contributed by atoms with Gasteiger partial charge in [-0.25, -0.2) is 22.8 Å². The molecule has 1 aromatic carbocycles. The van der Waals surface area contributed by atoms with Gasteiger partial charge in [0.1, 0.15) is 16.9 Å². The molecule has 0 spiro atoms. The van der Waals surface area contributed by atoms with Crippen molar-refractivity contribution in [2.24, 2.45) is 7.05 Å². The highest BCUT2D eigenvalue weighted by Gasteiger charge is 2.12. The largest absolute Gasteiger partial charge is 0.281 e. The van der Waals surface area contributed by atoms with Gasteiger partial charge in [-0.1, -0.05) is 5.21 Å². The summed E-state index contributed by atoms with van der Waals surface area (Å²) in [6, 6.07) is 4.83. The van der Waals surface area contributed by atoms with Crippen molar-refractivity contribution in [2.75, 3.05) is 0 Å². The standard InChI is InChI=1S/C15H11F2N7O/c1-22-14-11(7-18-22)15(25)24(21-19-14)8-10-4-5-23(20-10)13-3-2-9(16)6-12(13)17/h2-7H,8H2,1H3. The van der Waals surface area contributed by atoms with Crippen molar-refractivity contribution in [3.05, 3.63) is 64.3 Å². The molecule has 0 atom stereocenters. The van der Waals surface area contributed by atoms with Crippen molar-refractivity contribution in [2.45, 2.75) is 6.54 Å². The Morgan fingerprint density at radius 3 is 2.84 bits per heavy atom. The first-order chi connectivity index (χ1) is 12.0. The van der Waals surface area contributed by atoms with E-state index in [0.29, 0.717) is 16.7 Å². The highest BCUT2D eigenvalue weighted by atomic mass is 19.1. The van der Waals surface area contributed by atoms with Gasteiger partial charge >= 0.3 is 0 Å². The van der Waals surface area contributed by atoms with Crippen molar-refractivity contribution >= 4 is 11.0 Å². The van der Waals surface area contributed by atoms with Gasteiger partial charge in [-0.2, -0.15) is 10.2 Å². The molecule has 0 aliphatic carbocycles. The molecule has 0 radical (unpaired) electrons. The third-order valence-electron chi connectivity index (χ3n) is 3.73. The number of fused-ring (bicyclic) bond motifs is 1. The molecule has 0 amide bonds. The van der Waals surface area contributed by atoms with Gasteiger partial charge in [-0.3, -0.25) is 4.79 Å². The molecule has 0 aliphatic heterocycles. The van der Waals surface area contributed by atoms with Crippen LogP contribution in [0.4, 0.5) is 8.78 Å². The third kappa shape index (κ3) is 2.57. The second kappa shape index (κ2) is 5.58. The Bertz CT molecular complexity index is 1140. The number of aromatic nitrogens is 7. The van der Waals surface area contributed by atoms with E-state index >= 15 is 0 Å². The van der Waals surface area contributed by atoms with Crippen LogP contribution in [0.3, 0.4) is 0 Å². The minimum Gasteiger partial charge on any atom is -0.267 e. The molecule has 126 valence electrons. The minimum atomic E-state index is -0.733. The molecule has 0 aliphatic rings. The molecule has 3 aromatic heterocycles. The lowest BCUT2D eigenvalue weighted by molar-refractivity contribution is 0.567. The number of aryl methyl sites for hydroxylation is 1. The van der Waals surface area contributed by atoms with E-state index in [-0.39, 0.29) is 17.8 Å². The predicted octanol–water partition coefficient (Wildman–Crippen LogP) is 1.04. The molecular weight excluding hydrogens is 332 g/mol. The Morgan fingerprint density at radius 2 is 2.04 bits per heavy atom. The van der Waals surface area contributed by atoms with Crippen molar-refractivity contribution < 1.29 is 8.78 Å². The van der Waals surface area contributed by atoms with Crippen LogP contribution in [0.15, 0.2) is 41.5 Å². The molecule has 0 bridgehead atoms. The predicted molar refractivity (Wildman–Crippen MR) is 83.1 cm³/mol. The zero-order valence-electron chi connectivity index (χ0n) is 13.0.